The summed E-state index contributed by atoms with van der Waals surface area (Å²) < 4.78 is 16.5. The lowest BCUT2D eigenvalue weighted by molar-refractivity contribution is 0.162. The van der Waals surface area contributed by atoms with Crippen LogP contribution in [0.2, 0.25) is 0 Å². The van der Waals surface area contributed by atoms with Crippen molar-refractivity contribution in [3.63, 3.8) is 0 Å². The van der Waals surface area contributed by atoms with Crippen LogP contribution in [0.25, 0.3) is 0 Å². The van der Waals surface area contributed by atoms with Gasteiger partial charge in [0.05, 0.1) is 6.61 Å². The number of hydrogen-bond acceptors (Lipinski definition) is 4. The minimum absolute atomic E-state index is 0.327. The summed E-state index contributed by atoms with van der Waals surface area (Å²) in [6, 6.07) is 4.28. The molecular formula is C14H19NO3. The molecule has 3 rings (SSSR count). The second-order valence-electron chi connectivity index (χ2n) is 4.84. The summed E-state index contributed by atoms with van der Waals surface area (Å²) >= 11 is 0. The van der Waals surface area contributed by atoms with Crippen molar-refractivity contribution in [3.05, 3.63) is 23.3 Å². The molecule has 0 aliphatic carbocycles. The van der Waals surface area contributed by atoms with Gasteiger partial charge in [0.25, 0.3) is 0 Å². The molecule has 0 bridgehead atoms. The number of rotatable bonds is 3. The van der Waals surface area contributed by atoms with Crippen LogP contribution in [0.3, 0.4) is 0 Å². The monoisotopic (exact) mass is 249 g/mol. The lowest BCUT2D eigenvalue weighted by atomic mass is 9.88. The van der Waals surface area contributed by atoms with Gasteiger partial charge < -0.3 is 19.5 Å². The number of hydrogen-bond donors (Lipinski definition) is 1. The van der Waals surface area contributed by atoms with E-state index in [2.05, 4.69) is 17.4 Å². The van der Waals surface area contributed by atoms with E-state index in [9.17, 15) is 0 Å². The second kappa shape index (κ2) is 5.16. The van der Waals surface area contributed by atoms with Crippen molar-refractivity contribution < 1.29 is 14.2 Å². The Morgan fingerprint density at radius 3 is 2.78 bits per heavy atom. The Balaban J connectivity index is 1.93. The third kappa shape index (κ3) is 2.06. The summed E-state index contributed by atoms with van der Waals surface area (Å²) in [5.74, 6) is 2.41. The molecule has 1 N–H and O–H groups in total. The molecule has 98 valence electrons. The van der Waals surface area contributed by atoms with Crippen molar-refractivity contribution in [3.8, 4) is 11.5 Å². The van der Waals surface area contributed by atoms with E-state index in [1.165, 1.54) is 18.4 Å². The van der Waals surface area contributed by atoms with Crippen LogP contribution in [0, 0.1) is 0 Å². The minimum Gasteiger partial charge on any atom is -0.453 e. The minimum atomic E-state index is 0.327. The number of fused-ring (bicyclic) bond motifs is 1. The predicted molar refractivity (Wildman–Crippen MR) is 68.1 cm³/mol. The molecule has 1 fully saturated rings. The number of methoxy groups -OCH3 is 1. The lowest BCUT2D eigenvalue weighted by Crippen LogP contribution is -2.26. The van der Waals surface area contributed by atoms with E-state index in [-0.39, 0.29) is 0 Å². The van der Waals surface area contributed by atoms with Crippen LogP contribution >= 0.6 is 0 Å². The van der Waals surface area contributed by atoms with Crippen molar-refractivity contribution >= 4 is 0 Å². The largest absolute Gasteiger partial charge is 0.453 e. The Kier molecular flexibility index (Phi) is 3.39. The van der Waals surface area contributed by atoms with E-state index in [0.717, 1.165) is 30.2 Å². The maximum atomic E-state index is 5.67. The van der Waals surface area contributed by atoms with Gasteiger partial charge >= 0.3 is 0 Å². The van der Waals surface area contributed by atoms with Crippen LogP contribution in [0.5, 0.6) is 11.5 Å². The van der Waals surface area contributed by atoms with E-state index >= 15 is 0 Å². The molecule has 4 heteroatoms. The molecule has 4 nitrogen and oxygen atoms in total. The molecule has 1 aromatic rings. The number of nitrogens with one attached hydrogen (secondary N) is 1. The fourth-order valence-electron chi connectivity index (χ4n) is 2.80. The molecule has 0 amide bonds. The van der Waals surface area contributed by atoms with Gasteiger partial charge in [0.15, 0.2) is 11.5 Å². The van der Waals surface area contributed by atoms with Gasteiger partial charge in [-0.25, -0.2) is 0 Å². The Morgan fingerprint density at radius 1 is 1.22 bits per heavy atom. The zero-order valence-corrected chi connectivity index (χ0v) is 10.7. The van der Waals surface area contributed by atoms with Gasteiger partial charge in [-0.05, 0) is 31.8 Å². The van der Waals surface area contributed by atoms with Crippen LogP contribution in [0.1, 0.15) is 29.9 Å². The molecule has 18 heavy (non-hydrogen) atoms. The van der Waals surface area contributed by atoms with Gasteiger partial charge in [-0.15, -0.1) is 0 Å². The lowest BCUT2D eigenvalue weighted by Gasteiger charge is -2.24. The quantitative estimate of drug-likeness (QED) is 0.889. The molecule has 2 aliphatic heterocycles. The third-order valence-corrected chi connectivity index (χ3v) is 3.71. The number of piperidine rings is 1. The number of benzene rings is 1. The highest BCUT2D eigenvalue weighted by Crippen LogP contribution is 2.44. The van der Waals surface area contributed by atoms with Gasteiger partial charge in [0.1, 0.15) is 0 Å². The van der Waals surface area contributed by atoms with E-state index in [1.807, 2.05) is 0 Å². The first-order valence-corrected chi connectivity index (χ1v) is 6.51. The summed E-state index contributed by atoms with van der Waals surface area (Å²) in [6.07, 6.45) is 2.33. The van der Waals surface area contributed by atoms with Crippen molar-refractivity contribution in [2.75, 3.05) is 27.0 Å². The Morgan fingerprint density at radius 2 is 2.00 bits per heavy atom. The first-order chi connectivity index (χ1) is 8.90. The molecule has 2 aliphatic rings. The van der Waals surface area contributed by atoms with E-state index in [0.29, 0.717) is 19.3 Å². The van der Waals surface area contributed by atoms with Crippen molar-refractivity contribution in [2.24, 2.45) is 0 Å². The predicted octanol–water partition coefficient (Wildman–Crippen LogP) is 2.03. The fraction of sp³-hybridized carbons (Fsp3) is 0.571. The van der Waals surface area contributed by atoms with E-state index < -0.39 is 0 Å². The summed E-state index contributed by atoms with van der Waals surface area (Å²) in [5, 5.41) is 3.39. The zero-order chi connectivity index (χ0) is 12.4. The molecule has 0 atom stereocenters. The fourth-order valence-corrected chi connectivity index (χ4v) is 2.80. The van der Waals surface area contributed by atoms with Gasteiger partial charge in [-0.2, -0.15) is 0 Å². The van der Waals surface area contributed by atoms with Crippen molar-refractivity contribution in [1.29, 1.82) is 0 Å². The molecule has 0 aromatic heterocycles. The first kappa shape index (κ1) is 11.8. The van der Waals surface area contributed by atoms with E-state index in [4.69, 9.17) is 14.2 Å². The van der Waals surface area contributed by atoms with Crippen molar-refractivity contribution in [2.45, 2.75) is 25.4 Å². The zero-order valence-electron chi connectivity index (χ0n) is 10.7. The molecule has 1 saturated heterocycles. The highest BCUT2D eigenvalue weighted by Gasteiger charge is 2.26. The van der Waals surface area contributed by atoms with Gasteiger partial charge in [0.2, 0.25) is 6.79 Å². The molecule has 0 radical (unpaired) electrons. The van der Waals surface area contributed by atoms with Crippen LogP contribution in [-0.4, -0.2) is 27.0 Å². The van der Waals surface area contributed by atoms with Crippen LogP contribution in [-0.2, 0) is 11.3 Å². The smallest absolute Gasteiger partial charge is 0.231 e. The van der Waals surface area contributed by atoms with Gasteiger partial charge in [-0.1, -0.05) is 12.1 Å². The molecule has 2 heterocycles. The maximum absolute atomic E-state index is 5.67. The summed E-state index contributed by atoms with van der Waals surface area (Å²) in [5.41, 5.74) is 2.37. The first-order valence-electron chi connectivity index (χ1n) is 6.51. The molecule has 1 aromatic carbocycles. The van der Waals surface area contributed by atoms with Crippen molar-refractivity contribution in [1.82, 2.24) is 5.32 Å². The third-order valence-electron chi connectivity index (χ3n) is 3.71. The number of ether oxygens (including phenoxy) is 3. The Labute approximate surface area is 107 Å². The van der Waals surface area contributed by atoms with Gasteiger partial charge in [0, 0.05) is 18.2 Å². The second-order valence-corrected chi connectivity index (χ2v) is 4.84. The summed E-state index contributed by atoms with van der Waals surface area (Å²) in [4.78, 5) is 0. The summed E-state index contributed by atoms with van der Waals surface area (Å²) in [6.45, 7) is 3.06. The van der Waals surface area contributed by atoms with Crippen LogP contribution in [0.15, 0.2) is 12.1 Å². The average Bonchev–Trinajstić information content (AvgIpc) is 2.90. The Bertz CT molecular complexity index is 427. The molecule has 0 spiro atoms. The standard InChI is InChI=1S/C14H19NO3/c1-16-8-11-2-3-12(10-4-6-15-7-5-10)14-13(11)17-9-18-14/h2-3,10,15H,4-9H2,1H3. The summed E-state index contributed by atoms with van der Waals surface area (Å²) in [7, 11) is 1.70. The Hall–Kier alpha value is -1.26. The highest BCUT2D eigenvalue weighted by molar-refractivity contribution is 5.54. The SMILES string of the molecule is COCc1ccc(C2CCNCC2)c2c1OCO2. The van der Waals surface area contributed by atoms with Gasteiger partial charge in [-0.3, -0.25) is 0 Å². The molecule has 0 saturated carbocycles. The van der Waals surface area contributed by atoms with E-state index in [1.54, 1.807) is 7.11 Å². The molecular weight excluding hydrogens is 230 g/mol. The maximum Gasteiger partial charge on any atom is 0.231 e. The van der Waals surface area contributed by atoms with Crippen LogP contribution < -0.4 is 14.8 Å². The van der Waals surface area contributed by atoms with Crippen LogP contribution in [0.4, 0.5) is 0 Å². The highest BCUT2D eigenvalue weighted by atomic mass is 16.7. The normalized spacial score (nSPS) is 19.2. The molecule has 0 unspecified atom stereocenters. The average molecular weight is 249 g/mol. The topological polar surface area (TPSA) is 39.7 Å².